The molecule has 6 rings (SSSR count). The molecule has 0 N–H and O–H groups in total. The average Bonchev–Trinajstić information content (AvgIpc) is 3.53. The van der Waals surface area contributed by atoms with Gasteiger partial charge >= 0.3 is 5.97 Å². The molecule has 0 spiro atoms. The molecule has 1 aliphatic heterocycles. The molecule has 37 heavy (non-hydrogen) atoms. The van der Waals surface area contributed by atoms with Crippen LogP contribution in [0.4, 0.5) is 14.8 Å². The third kappa shape index (κ3) is 3.41. The molecule has 2 fully saturated rings. The number of ether oxygens (including phenoxy) is 2. The summed E-state index contributed by atoms with van der Waals surface area (Å²) >= 11 is 0. The van der Waals surface area contributed by atoms with Crippen molar-refractivity contribution in [2.45, 2.75) is 51.0 Å². The molecular weight excluding hydrogens is 482 g/mol. The maximum absolute atomic E-state index is 14.5. The minimum atomic E-state index is -0.661. The molecule has 3 aromatic rings. The number of esters is 1. The minimum absolute atomic E-state index is 0.129. The highest BCUT2D eigenvalue weighted by atomic mass is 19.1. The first-order chi connectivity index (χ1) is 17.8. The molecule has 2 bridgehead atoms. The maximum atomic E-state index is 14.5. The van der Waals surface area contributed by atoms with Crippen LogP contribution in [0.1, 0.15) is 61.3 Å². The molecule has 2 aliphatic carbocycles. The first kappa shape index (κ1) is 24.0. The van der Waals surface area contributed by atoms with E-state index in [0.29, 0.717) is 25.7 Å². The molecule has 1 saturated carbocycles. The lowest BCUT2D eigenvalue weighted by molar-refractivity contribution is -0.0475. The van der Waals surface area contributed by atoms with Crippen LogP contribution in [0.5, 0.6) is 0 Å². The molecule has 2 aromatic heterocycles. The zero-order chi connectivity index (χ0) is 25.9. The van der Waals surface area contributed by atoms with E-state index in [4.69, 9.17) is 13.9 Å². The van der Waals surface area contributed by atoms with Gasteiger partial charge in [0.25, 0.3) is 6.01 Å². The van der Waals surface area contributed by atoms with Gasteiger partial charge < -0.3 is 18.8 Å². The summed E-state index contributed by atoms with van der Waals surface area (Å²) in [4.78, 5) is 18.4. The van der Waals surface area contributed by atoms with E-state index in [1.54, 1.807) is 13.0 Å². The van der Waals surface area contributed by atoms with Gasteiger partial charge in [-0.3, -0.25) is 0 Å². The van der Waals surface area contributed by atoms with Gasteiger partial charge in [0.15, 0.2) is 5.69 Å². The number of hydrogen-bond donors (Lipinski definition) is 0. The number of aromatic nitrogens is 3. The average molecular weight is 511 g/mol. The molecule has 3 aliphatic rings. The lowest BCUT2D eigenvalue weighted by Gasteiger charge is -2.47. The summed E-state index contributed by atoms with van der Waals surface area (Å²) in [5.74, 6) is -1.69. The van der Waals surface area contributed by atoms with Crippen molar-refractivity contribution in [3.8, 4) is 11.3 Å². The summed E-state index contributed by atoms with van der Waals surface area (Å²) in [5.41, 5.74) is 1.31. The smallest absolute Gasteiger partial charge is 0.360 e. The Balaban J connectivity index is 1.35. The van der Waals surface area contributed by atoms with Crippen LogP contribution in [0.25, 0.3) is 11.3 Å². The molecule has 194 valence electrons. The van der Waals surface area contributed by atoms with Crippen molar-refractivity contribution in [3.05, 3.63) is 59.1 Å². The van der Waals surface area contributed by atoms with Crippen molar-refractivity contribution >= 4 is 12.0 Å². The number of benzene rings is 1. The number of oxazole rings is 1. The number of halogens is 2. The lowest BCUT2D eigenvalue weighted by Crippen LogP contribution is -2.56. The molecule has 3 heterocycles. The van der Waals surface area contributed by atoms with Crippen molar-refractivity contribution in [2.75, 3.05) is 31.2 Å². The third-order valence-corrected chi connectivity index (χ3v) is 8.55. The van der Waals surface area contributed by atoms with Crippen molar-refractivity contribution in [1.29, 1.82) is 0 Å². The van der Waals surface area contributed by atoms with E-state index in [9.17, 15) is 13.6 Å². The maximum Gasteiger partial charge on any atom is 0.360 e. The summed E-state index contributed by atoms with van der Waals surface area (Å²) in [6.07, 6.45) is 2.84. The first-order valence-corrected chi connectivity index (χ1v) is 12.6. The molecule has 8 nitrogen and oxygen atoms in total. The summed E-state index contributed by atoms with van der Waals surface area (Å²) in [5, 5.41) is 8.91. The second kappa shape index (κ2) is 8.58. The zero-order valence-electron chi connectivity index (χ0n) is 21.0. The highest BCUT2D eigenvalue weighted by Gasteiger charge is 2.67. The summed E-state index contributed by atoms with van der Waals surface area (Å²) < 4.78 is 46.1. The SMILES string of the molecule is CCOC(=O)c1coc(N2CCO[C@H]([C@@]34CC[C@@H](c5cc(-c6c(F)cccc6F)nnc53)C4(C)C)C2)n1. The highest BCUT2D eigenvalue weighted by Crippen LogP contribution is 2.69. The number of nitrogens with zero attached hydrogens (tertiary/aromatic N) is 4. The molecule has 0 unspecified atom stereocenters. The Morgan fingerprint density at radius 1 is 1.24 bits per heavy atom. The lowest BCUT2D eigenvalue weighted by atomic mass is 9.64. The van der Waals surface area contributed by atoms with Gasteiger partial charge in [0, 0.05) is 18.5 Å². The van der Waals surface area contributed by atoms with E-state index < -0.39 is 23.0 Å². The number of carbonyl (C=O) groups excluding carboxylic acids is 1. The summed E-state index contributed by atoms with van der Waals surface area (Å²) in [6, 6.07) is 5.94. The zero-order valence-corrected chi connectivity index (χ0v) is 21.0. The monoisotopic (exact) mass is 510 g/mol. The van der Waals surface area contributed by atoms with Gasteiger partial charge in [0.1, 0.15) is 17.9 Å². The number of fused-ring (bicyclic) bond motifs is 5. The van der Waals surface area contributed by atoms with Gasteiger partial charge in [-0.05, 0) is 54.9 Å². The number of morpholine rings is 1. The summed E-state index contributed by atoms with van der Waals surface area (Å²) in [6.45, 7) is 7.91. The Hall–Kier alpha value is -3.40. The second-order valence-electron chi connectivity index (χ2n) is 10.5. The normalized spacial score (nSPS) is 25.8. The number of rotatable bonds is 5. The molecule has 3 atom stereocenters. The number of anilines is 1. The Bertz CT molecular complexity index is 1360. The van der Waals surface area contributed by atoms with Gasteiger partial charge in [-0.1, -0.05) is 19.9 Å². The van der Waals surface area contributed by atoms with Crippen LogP contribution in [-0.2, 0) is 14.9 Å². The molecule has 10 heteroatoms. The van der Waals surface area contributed by atoms with E-state index in [-0.39, 0.29) is 41.0 Å². The first-order valence-electron chi connectivity index (χ1n) is 12.6. The number of carbonyl (C=O) groups is 1. The quantitative estimate of drug-likeness (QED) is 0.459. The van der Waals surface area contributed by atoms with Crippen LogP contribution in [0.2, 0.25) is 0 Å². The van der Waals surface area contributed by atoms with Crippen molar-refractivity contribution in [3.63, 3.8) is 0 Å². The largest absolute Gasteiger partial charge is 0.461 e. The molecule has 0 radical (unpaired) electrons. The van der Waals surface area contributed by atoms with Gasteiger partial charge in [0.05, 0.1) is 36.3 Å². The van der Waals surface area contributed by atoms with Crippen LogP contribution >= 0.6 is 0 Å². The number of hydrogen-bond acceptors (Lipinski definition) is 8. The fourth-order valence-electron chi connectivity index (χ4n) is 6.77. The van der Waals surface area contributed by atoms with Gasteiger partial charge in [-0.25, -0.2) is 13.6 Å². The fourth-order valence-corrected chi connectivity index (χ4v) is 6.77. The van der Waals surface area contributed by atoms with Crippen molar-refractivity contribution < 1.29 is 27.5 Å². The molecular formula is C27H28F2N4O4. The Kier molecular flexibility index (Phi) is 5.56. The van der Waals surface area contributed by atoms with Crippen LogP contribution in [0.3, 0.4) is 0 Å². The van der Waals surface area contributed by atoms with Gasteiger partial charge in [0.2, 0.25) is 0 Å². The van der Waals surface area contributed by atoms with Gasteiger partial charge in [-0.15, -0.1) is 0 Å². The fraction of sp³-hybridized carbons (Fsp3) is 0.481. The third-order valence-electron chi connectivity index (χ3n) is 8.55. The van der Waals surface area contributed by atoms with E-state index in [1.165, 1.54) is 24.5 Å². The highest BCUT2D eigenvalue weighted by molar-refractivity contribution is 5.87. The van der Waals surface area contributed by atoms with Crippen LogP contribution in [0.15, 0.2) is 34.9 Å². The molecule has 1 saturated heterocycles. The van der Waals surface area contributed by atoms with Crippen LogP contribution < -0.4 is 4.90 Å². The van der Waals surface area contributed by atoms with Crippen LogP contribution in [-0.4, -0.2) is 53.6 Å². The van der Waals surface area contributed by atoms with E-state index in [2.05, 4.69) is 29.0 Å². The van der Waals surface area contributed by atoms with Crippen molar-refractivity contribution in [1.82, 2.24) is 15.2 Å². The second-order valence-corrected chi connectivity index (χ2v) is 10.5. The Morgan fingerprint density at radius 2 is 2.03 bits per heavy atom. The van der Waals surface area contributed by atoms with Gasteiger partial charge in [-0.2, -0.15) is 15.2 Å². The predicted octanol–water partition coefficient (Wildman–Crippen LogP) is 4.65. The topological polar surface area (TPSA) is 90.6 Å². The molecule has 0 amide bonds. The predicted molar refractivity (Wildman–Crippen MR) is 129 cm³/mol. The van der Waals surface area contributed by atoms with E-state index in [0.717, 1.165) is 24.1 Å². The van der Waals surface area contributed by atoms with E-state index in [1.807, 2.05) is 4.90 Å². The van der Waals surface area contributed by atoms with Crippen LogP contribution in [0, 0.1) is 17.0 Å². The minimum Gasteiger partial charge on any atom is -0.461 e. The Labute approximate surface area is 213 Å². The van der Waals surface area contributed by atoms with Crippen molar-refractivity contribution in [2.24, 2.45) is 5.41 Å². The Morgan fingerprint density at radius 3 is 2.78 bits per heavy atom. The summed E-state index contributed by atoms with van der Waals surface area (Å²) in [7, 11) is 0. The molecule has 1 aromatic carbocycles. The standard InChI is InChI=1S/C27H28F2N4O4/c1-4-35-24(34)20-14-37-25(30-20)33-10-11-36-21(13-33)27-9-8-16(26(27,2)3)15-12-19(31-32-23(15)27)22-17(28)6-5-7-18(22)29/h5-7,12,14,16,21H,4,8-11,13H2,1-3H3/t16-,21-,27-/m0/s1. The van der Waals surface area contributed by atoms with E-state index >= 15 is 0 Å².